The maximum Gasteiger partial charge on any atom is 0.293 e. The van der Waals surface area contributed by atoms with Crippen molar-refractivity contribution in [3.05, 3.63) is 56.0 Å². The van der Waals surface area contributed by atoms with Gasteiger partial charge in [0.1, 0.15) is 17.6 Å². The molecule has 0 spiro atoms. The highest BCUT2D eigenvalue weighted by atomic mass is 127. The molecule has 1 atom stereocenters. The SMILES string of the molecule is O=[N+]([O-])c1cc(I)ccc1N1CCOC(c2ccco2)C1. The smallest absolute Gasteiger partial charge is 0.293 e. The van der Waals surface area contributed by atoms with E-state index >= 15 is 0 Å². The number of nitro groups is 1. The van der Waals surface area contributed by atoms with Gasteiger partial charge in [0.2, 0.25) is 0 Å². The summed E-state index contributed by atoms with van der Waals surface area (Å²) in [7, 11) is 0. The Kier molecular flexibility index (Phi) is 4.11. The Balaban J connectivity index is 1.88. The van der Waals surface area contributed by atoms with Crippen molar-refractivity contribution in [2.75, 3.05) is 24.6 Å². The normalized spacial score (nSPS) is 18.7. The first-order valence-corrected chi connectivity index (χ1v) is 7.57. The molecule has 0 N–H and O–H groups in total. The van der Waals surface area contributed by atoms with Crippen LogP contribution in [0.4, 0.5) is 11.4 Å². The van der Waals surface area contributed by atoms with Gasteiger partial charge in [-0.25, -0.2) is 0 Å². The van der Waals surface area contributed by atoms with Crippen LogP contribution in [0.5, 0.6) is 0 Å². The Morgan fingerprint density at radius 3 is 2.95 bits per heavy atom. The lowest BCUT2D eigenvalue weighted by Gasteiger charge is -2.33. The summed E-state index contributed by atoms with van der Waals surface area (Å²) < 4.78 is 11.9. The number of morpholine rings is 1. The fourth-order valence-corrected chi connectivity index (χ4v) is 2.90. The van der Waals surface area contributed by atoms with Crippen LogP contribution in [0.3, 0.4) is 0 Å². The average molecular weight is 400 g/mol. The van der Waals surface area contributed by atoms with E-state index in [1.54, 1.807) is 18.4 Å². The first-order valence-electron chi connectivity index (χ1n) is 6.49. The van der Waals surface area contributed by atoms with Gasteiger partial charge >= 0.3 is 0 Å². The minimum atomic E-state index is -0.338. The number of halogens is 1. The second kappa shape index (κ2) is 6.02. The van der Waals surface area contributed by atoms with Gasteiger partial charge in [-0.05, 0) is 46.9 Å². The molecule has 1 saturated heterocycles. The number of nitro benzene ring substituents is 1. The van der Waals surface area contributed by atoms with Crippen molar-refractivity contribution in [3.63, 3.8) is 0 Å². The Labute approximate surface area is 135 Å². The molecule has 3 rings (SSSR count). The first-order chi connectivity index (χ1) is 10.1. The van der Waals surface area contributed by atoms with E-state index in [-0.39, 0.29) is 16.7 Å². The fourth-order valence-electron chi connectivity index (χ4n) is 2.42. The highest BCUT2D eigenvalue weighted by Crippen LogP contribution is 2.33. The predicted molar refractivity (Wildman–Crippen MR) is 85.4 cm³/mol. The second-order valence-corrected chi connectivity index (χ2v) is 5.96. The van der Waals surface area contributed by atoms with Gasteiger partial charge in [0.15, 0.2) is 0 Å². The summed E-state index contributed by atoms with van der Waals surface area (Å²) in [5.74, 6) is 0.743. The van der Waals surface area contributed by atoms with Crippen LogP contribution in [0.15, 0.2) is 41.0 Å². The fraction of sp³-hybridized carbons (Fsp3) is 0.286. The third-order valence-corrected chi connectivity index (χ3v) is 4.07. The molecule has 1 fully saturated rings. The molecule has 0 bridgehead atoms. The van der Waals surface area contributed by atoms with Crippen LogP contribution in [-0.4, -0.2) is 24.6 Å². The van der Waals surface area contributed by atoms with Gasteiger partial charge in [0, 0.05) is 16.2 Å². The summed E-state index contributed by atoms with van der Waals surface area (Å²) in [4.78, 5) is 12.9. The summed E-state index contributed by atoms with van der Waals surface area (Å²) in [6.07, 6.45) is 1.40. The Bertz CT molecular complexity index is 644. The molecule has 2 heterocycles. The monoisotopic (exact) mass is 400 g/mol. The lowest BCUT2D eigenvalue weighted by molar-refractivity contribution is -0.384. The molecule has 21 heavy (non-hydrogen) atoms. The molecular formula is C14H13IN2O4. The van der Waals surface area contributed by atoms with Crippen molar-refractivity contribution in [2.45, 2.75) is 6.10 Å². The van der Waals surface area contributed by atoms with Gasteiger partial charge in [-0.3, -0.25) is 10.1 Å². The van der Waals surface area contributed by atoms with Crippen molar-refractivity contribution in [3.8, 4) is 0 Å². The van der Waals surface area contributed by atoms with E-state index in [9.17, 15) is 10.1 Å². The molecule has 1 aromatic carbocycles. The van der Waals surface area contributed by atoms with E-state index < -0.39 is 0 Å². The number of anilines is 1. The van der Waals surface area contributed by atoms with E-state index in [0.717, 1.165) is 9.33 Å². The maximum atomic E-state index is 11.3. The highest BCUT2D eigenvalue weighted by molar-refractivity contribution is 14.1. The van der Waals surface area contributed by atoms with Crippen LogP contribution < -0.4 is 4.90 Å². The topological polar surface area (TPSA) is 68.8 Å². The summed E-state index contributed by atoms with van der Waals surface area (Å²) in [5.41, 5.74) is 0.752. The van der Waals surface area contributed by atoms with Crippen molar-refractivity contribution in [2.24, 2.45) is 0 Å². The van der Waals surface area contributed by atoms with Gasteiger partial charge in [-0.15, -0.1) is 0 Å². The first kappa shape index (κ1) is 14.3. The van der Waals surface area contributed by atoms with E-state index in [1.165, 1.54) is 0 Å². The third kappa shape index (κ3) is 3.03. The molecule has 6 nitrogen and oxygen atoms in total. The van der Waals surface area contributed by atoms with Gasteiger partial charge in [-0.2, -0.15) is 0 Å². The van der Waals surface area contributed by atoms with Crippen molar-refractivity contribution in [1.82, 2.24) is 0 Å². The predicted octanol–water partition coefficient (Wildman–Crippen LogP) is 3.37. The highest BCUT2D eigenvalue weighted by Gasteiger charge is 2.28. The molecule has 1 aromatic heterocycles. The molecule has 1 aliphatic heterocycles. The largest absolute Gasteiger partial charge is 0.467 e. The number of rotatable bonds is 3. The summed E-state index contributed by atoms with van der Waals surface area (Å²) in [6.45, 7) is 1.67. The summed E-state index contributed by atoms with van der Waals surface area (Å²) >= 11 is 2.08. The zero-order chi connectivity index (χ0) is 14.8. The molecule has 1 unspecified atom stereocenters. The minimum Gasteiger partial charge on any atom is -0.467 e. The number of hydrogen-bond acceptors (Lipinski definition) is 5. The molecule has 0 aliphatic carbocycles. The quantitative estimate of drug-likeness (QED) is 0.449. The molecule has 0 amide bonds. The minimum absolute atomic E-state index is 0.127. The average Bonchev–Trinajstić information content (AvgIpc) is 3.01. The Morgan fingerprint density at radius 1 is 1.38 bits per heavy atom. The van der Waals surface area contributed by atoms with Gasteiger partial charge in [-0.1, -0.05) is 0 Å². The van der Waals surface area contributed by atoms with Crippen molar-refractivity contribution >= 4 is 34.0 Å². The van der Waals surface area contributed by atoms with E-state index in [4.69, 9.17) is 9.15 Å². The number of furan rings is 1. The van der Waals surface area contributed by atoms with Crippen LogP contribution in [0.1, 0.15) is 11.9 Å². The van der Waals surface area contributed by atoms with Gasteiger partial charge in [0.05, 0.1) is 24.3 Å². The third-order valence-electron chi connectivity index (χ3n) is 3.40. The molecule has 0 radical (unpaired) electrons. The lowest BCUT2D eigenvalue weighted by Crippen LogP contribution is -2.38. The molecule has 1 aliphatic rings. The number of hydrogen-bond donors (Lipinski definition) is 0. The second-order valence-electron chi connectivity index (χ2n) is 4.71. The van der Waals surface area contributed by atoms with Crippen LogP contribution in [0.2, 0.25) is 0 Å². The number of nitrogens with zero attached hydrogens (tertiary/aromatic N) is 2. The lowest BCUT2D eigenvalue weighted by atomic mass is 10.2. The summed E-state index contributed by atoms with van der Waals surface area (Å²) in [5, 5.41) is 11.3. The molecule has 2 aromatic rings. The molecule has 7 heteroatoms. The van der Waals surface area contributed by atoms with E-state index in [1.807, 2.05) is 23.1 Å². The molecular weight excluding hydrogens is 387 g/mol. The van der Waals surface area contributed by atoms with Gasteiger partial charge < -0.3 is 14.1 Å². The van der Waals surface area contributed by atoms with Crippen molar-refractivity contribution < 1.29 is 14.1 Å². The van der Waals surface area contributed by atoms with Crippen LogP contribution in [0, 0.1) is 13.7 Å². The standard InChI is InChI=1S/C14H13IN2O4/c15-10-3-4-11(12(8-10)17(18)19)16-5-7-21-14(9-16)13-2-1-6-20-13/h1-4,6,8,14H,5,7,9H2. The Hall–Kier alpha value is -1.61. The summed E-state index contributed by atoms with van der Waals surface area (Å²) in [6, 6.07) is 8.93. The van der Waals surface area contributed by atoms with E-state index in [2.05, 4.69) is 22.6 Å². The van der Waals surface area contributed by atoms with Gasteiger partial charge in [0.25, 0.3) is 5.69 Å². The van der Waals surface area contributed by atoms with Crippen LogP contribution >= 0.6 is 22.6 Å². The van der Waals surface area contributed by atoms with Crippen LogP contribution in [0.25, 0.3) is 0 Å². The van der Waals surface area contributed by atoms with E-state index in [0.29, 0.717) is 25.4 Å². The number of ether oxygens (including phenoxy) is 1. The zero-order valence-electron chi connectivity index (χ0n) is 11.1. The molecule has 110 valence electrons. The zero-order valence-corrected chi connectivity index (χ0v) is 13.2. The maximum absolute atomic E-state index is 11.3. The van der Waals surface area contributed by atoms with Crippen LogP contribution in [-0.2, 0) is 4.74 Å². The Morgan fingerprint density at radius 2 is 2.24 bits per heavy atom. The number of benzene rings is 1. The van der Waals surface area contributed by atoms with Crippen molar-refractivity contribution in [1.29, 1.82) is 0 Å². The molecule has 0 saturated carbocycles.